The summed E-state index contributed by atoms with van der Waals surface area (Å²) in [5.41, 5.74) is -13.0. The third kappa shape index (κ3) is 7.74. The summed E-state index contributed by atoms with van der Waals surface area (Å²) in [5.74, 6) is -31.6. The summed E-state index contributed by atoms with van der Waals surface area (Å²) in [6, 6.07) is 5.14. The molecule has 5 saturated heterocycles. The van der Waals surface area contributed by atoms with Gasteiger partial charge in [-0.15, -0.1) is 0 Å². The highest BCUT2D eigenvalue weighted by atomic mass is 19.2. The first kappa shape index (κ1) is 60.0. The number of nitrogens with zero attached hydrogens (tertiary/aromatic N) is 8. The predicted molar refractivity (Wildman–Crippen MR) is 271 cm³/mol. The Balaban J connectivity index is 1.09. The van der Waals surface area contributed by atoms with Gasteiger partial charge in [0.1, 0.15) is 22.6 Å². The summed E-state index contributed by atoms with van der Waals surface area (Å²) < 4.78 is 183. The molecular weight excluding hydrogens is 1170 g/mol. The molecule has 32 heteroatoms. The number of hydrogen-bond donors (Lipinski definition) is 2. The van der Waals surface area contributed by atoms with Crippen LogP contribution in [-0.2, 0) is 64.3 Å². The largest absolute Gasteiger partial charge is 0.496 e. The van der Waals surface area contributed by atoms with Crippen LogP contribution in [0.2, 0.25) is 0 Å². The number of halogens is 10. The first-order valence-electron chi connectivity index (χ1n) is 26.7. The Hall–Kier alpha value is -7.72. The van der Waals surface area contributed by atoms with E-state index in [4.69, 9.17) is 28.4 Å². The maximum Gasteiger partial charge on any atom is 0.346 e. The van der Waals surface area contributed by atoms with Crippen LogP contribution in [0.15, 0.2) is 24.3 Å². The molecule has 11 rings (SSSR count). The highest BCUT2D eigenvalue weighted by molar-refractivity contribution is 6.06. The lowest BCUT2D eigenvalue weighted by atomic mass is 9.88. The van der Waals surface area contributed by atoms with Crippen LogP contribution in [0.3, 0.4) is 0 Å². The molecule has 0 aromatic heterocycles. The van der Waals surface area contributed by atoms with Crippen LogP contribution in [0.25, 0.3) is 0 Å². The number of benzene rings is 4. The van der Waals surface area contributed by atoms with Crippen molar-refractivity contribution in [2.45, 2.75) is 76.5 Å². The van der Waals surface area contributed by atoms with E-state index in [0.29, 0.717) is 0 Å². The van der Waals surface area contributed by atoms with Gasteiger partial charge in [0, 0.05) is 48.7 Å². The number of anilines is 2. The summed E-state index contributed by atoms with van der Waals surface area (Å²) in [6.07, 6.45) is 0. The van der Waals surface area contributed by atoms with Crippen molar-refractivity contribution in [3.8, 4) is 11.5 Å². The number of hydrogen-bond acceptors (Lipinski definition) is 20. The first-order valence-corrected chi connectivity index (χ1v) is 26.7. The number of amides is 2. The highest BCUT2D eigenvalue weighted by Crippen LogP contribution is 2.61. The zero-order valence-electron chi connectivity index (χ0n) is 46.5. The molecule has 0 radical (unpaired) electrons. The van der Waals surface area contributed by atoms with Gasteiger partial charge in [0.25, 0.3) is 11.8 Å². The van der Waals surface area contributed by atoms with Crippen molar-refractivity contribution in [1.29, 1.82) is 0 Å². The maximum atomic E-state index is 15.8. The number of carbonyl (C=O) groups excluding carboxylic acids is 6. The topological polar surface area (TPSA) is 208 Å². The molecule has 7 aliphatic heterocycles. The van der Waals surface area contributed by atoms with E-state index in [2.05, 4.69) is 10.6 Å². The van der Waals surface area contributed by atoms with Crippen LogP contribution < -0.4 is 20.1 Å². The molecule has 4 aromatic carbocycles. The molecule has 0 aliphatic carbocycles. The van der Waals surface area contributed by atoms with E-state index in [1.165, 1.54) is 95.6 Å². The van der Waals surface area contributed by atoms with Crippen LogP contribution in [0.4, 0.5) is 55.3 Å². The van der Waals surface area contributed by atoms with Gasteiger partial charge in [0.05, 0.1) is 80.7 Å². The quantitative estimate of drug-likeness (QED) is 0.0582. The maximum absolute atomic E-state index is 15.8. The van der Waals surface area contributed by atoms with Crippen LogP contribution in [-0.4, -0.2) is 178 Å². The third-order valence-corrected chi connectivity index (χ3v) is 16.9. The fourth-order valence-electron chi connectivity index (χ4n) is 13.8. The molecule has 0 bridgehead atoms. The molecule has 4 aromatic rings. The van der Waals surface area contributed by atoms with E-state index >= 15 is 36.7 Å². The van der Waals surface area contributed by atoms with Gasteiger partial charge in [0.2, 0.25) is 34.3 Å². The normalized spacial score (nSPS) is 24.6. The van der Waals surface area contributed by atoms with Gasteiger partial charge >= 0.3 is 23.9 Å². The van der Waals surface area contributed by atoms with Crippen LogP contribution in [0.5, 0.6) is 11.5 Å². The van der Waals surface area contributed by atoms with Crippen LogP contribution in [0.1, 0.15) is 70.7 Å². The highest BCUT2D eigenvalue weighted by Gasteiger charge is 2.87. The van der Waals surface area contributed by atoms with Crippen molar-refractivity contribution in [2.24, 2.45) is 0 Å². The van der Waals surface area contributed by atoms with Crippen LogP contribution >= 0.6 is 0 Å². The third-order valence-electron chi connectivity index (χ3n) is 16.9. The lowest BCUT2D eigenvalue weighted by Crippen LogP contribution is -2.81. The molecule has 2 amide bonds. The molecular formula is C54H52F10N10O12. The Morgan fingerprint density at radius 2 is 0.605 bits per heavy atom. The Bertz CT molecular complexity index is 3330. The predicted octanol–water partition coefficient (Wildman–Crippen LogP) is 4.59. The number of nitrogens with one attached hydrogen (secondary N) is 2. The van der Waals surface area contributed by atoms with Crippen molar-refractivity contribution >= 4 is 47.1 Å². The van der Waals surface area contributed by atoms with Crippen molar-refractivity contribution in [1.82, 2.24) is 39.2 Å². The Labute approximate surface area is 481 Å². The monoisotopic (exact) mass is 1220 g/mol. The molecule has 7 heterocycles. The van der Waals surface area contributed by atoms with Crippen LogP contribution in [0, 0.1) is 58.2 Å². The Morgan fingerprint density at radius 1 is 0.372 bits per heavy atom. The molecule has 7 aliphatic rings. The summed E-state index contributed by atoms with van der Waals surface area (Å²) in [7, 11) is 2.57. The van der Waals surface area contributed by atoms with Crippen molar-refractivity contribution in [2.75, 3.05) is 91.3 Å². The summed E-state index contributed by atoms with van der Waals surface area (Å²) >= 11 is 0. The van der Waals surface area contributed by atoms with E-state index in [9.17, 15) is 35.9 Å². The standard InChI is InChI=1S/C54H52F10N10O12/c1-7-83-47(77)51-53(49(79)85-9-3)71-19-67(51)15-25-27(31(81-5)13-11-29(25)65-45(75)33-35(55)39(59)43(63)40(60)36(33)56)17-69(51)21-73(53)24-72-20-68-16-26-28(18-70-22-74(23-71)54(72,50(80)86-10-4)52(68,70)48(78)84-8-2)32(82-6)14-12-30(26)66-46(76)34-37(57)41(61)44(64)42(62)38(34)58/h11-14H,7-10,15-24H2,1-6H3,(H,65,75)(H,66,76)/t51-,52-,53+,54+/m1/s1. The van der Waals surface area contributed by atoms with Gasteiger partial charge in [-0.2, -0.15) is 0 Å². The fourth-order valence-corrected chi connectivity index (χ4v) is 13.8. The number of carbonyl (C=O) groups is 6. The van der Waals surface area contributed by atoms with Gasteiger partial charge in [-0.05, 0) is 63.1 Å². The van der Waals surface area contributed by atoms with E-state index in [-0.39, 0.29) is 71.6 Å². The molecule has 22 nitrogen and oxygen atoms in total. The summed E-state index contributed by atoms with van der Waals surface area (Å²) in [6.45, 7) is 0.229. The lowest BCUT2D eigenvalue weighted by molar-refractivity contribution is -0.214. The van der Waals surface area contributed by atoms with Crippen molar-refractivity contribution in [3.05, 3.63) is 116 Å². The van der Waals surface area contributed by atoms with Gasteiger partial charge in [0.15, 0.2) is 46.5 Å². The lowest BCUT2D eigenvalue weighted by Gasteiger charge is -2.53. The first-order chi connectivity index (χ1) is 41.0. The minimum atomic E-state index is -2.50. The molecule has 0 saturated carbocycles. The zero-order valence-corrected chi connectivity index (χ0v) is 46.5. The number of esters is 4. The van der Waals surface area contributed by atoms with Gasteiger partial charge in [-0.1, -0.05) is 0 Å². The average molecular weight is 1220 g/mol. The van der Waals surface area contributed by atoms with Crippen molar-refractivity contribution in [3.63, 3.8) is 0 Å². The Kier molecular flexibility index (Phi) is 15.1. The zero-order chi connectivity index (χ0) is 62.0. The minimum absolute atomic E-state index is 0.0752. The SMILES string of the molecule is CCOC(=O)[C@]12N3CN4Cc5c(NC(=O)c6c(F)c(F)c(F)c(F)c6F)ccc(OC)c5CN(CN1CN1CN5Cc6c(NC(=O)c7c(F)c(F)c(F)c(F)c7F)ccc(OC)c6CN6CN(C3)[C@@]1(C(=O)OCC)[C@]56C(=O)OCC)[C@@]42C(=O)OCC. The smallest absolute Gasteiger partial charge is 0.346 e. The summed E-state index contributed by atoms with van der Waals surface area (Å²) in [5, 5.41) is 4.56. The fraction of sp³-hybridized carbons (Fsp3) is 0.444. The van der Waals surface area contributed by atoms with Gasteiger partial charge in [-0.3, -0.25) is 29.2 Å². The van der Waals surface area contributed by atoms with Crippen molar-refractivity contribution < 1.29 is 101 Å². The average Bonchev–Trinajstić information content (AvgIpc) is 1.48. The number of rotatable bonds is 14. The second-order valence-corrected chi connectivity index (χ2v) is 20.7. The molecule has 86 heavy (non-hydrogen) atoms. The molecule has 2 N–H and O–H groups in total. The number of methoxy groups -OCH3 is 2. The molecule has 460 valence electrons. The number of fused-ring (bicyclic) bond motifs is 2. The van der Waals surface area contributed by atoms with Gasteiger partial charge in [-0.25, -0.2) is 82.7 Å². The minimum Gasteiger partial charge on any atom is -0.496 e. The second kappa shape index (κ2) is 21.6. The van der Waals surface area contributed by atoms with Gasteiger partial charge < -0.3 is 39.1 Å². The van der Waals surface area contributed by atoms with E-state index in [1.807, 2.05) is 0 Å². The van der Waals surface area contributed by atoms with E-state index in [1.54, 1.807) is 9.80 Å². The number of ether oxygens (including phenoxy) is 6. The second-order valence-electron chi connectivity index (χ2n) is 20.7. The van der Waals surface area contributed by atoms with E-state index < -0.39 is 194 Å². The molecule has 0 spiro atoms. The van der Waals surface area contributed by atoms with E-state index in [0.717, 1.165) is 0 Å². The summed E-state index contributed by atoms with van der Waals surface area (Å²) in [4.78, 5) is 103. The molecule has 5 fully saturated rings. The molecule has 4 atom stereocenters. The molecule has 0 unspecified atom stereocenters. The Morgan fingerprint density at radius 3 is 0.860 bits per heavy atom.